The fourth-order valence-electron chi connectivity index (χ4n) is 1.24. The number of aliphatic imine (C=N–C) groups is 1. The summed E-state index contributed by atoms with van der Waals surface area (Å²) in [6.07, 6.45) is 2.07. The zero-order chi connectivity index (χ0) is 13.2. The molecule has 1 unspecified atom stereocenters. The molecular formula is C14H30N2. The maximum atomic E-state index is 4.62. The predicted octanol–water partition coefficient (Wildman–Crippen LogP) is 3.66. The summed E-state index contributed by atoms with van der Waals surface area (Å²) in [6.45, 7) is 19.7. The molecule has 0 aliphatic carbocycles. The lowest BCUT2D eigenvalue weighted by Crippen LogP contribution is -2.50. The molecule has 1 atom stereocenters. The Kier molecular flexibility index (Phi) is 4.75. The maximum absolute atomic E-state index is 4.62. The standard InChI is InChI=1S/C14H30N2/c1-12(2,3)11(16-14(7,8)9)10-15-13(4,5)6/h10-11,16H,1-9H3. The Morgan fingerprint density at radius 2 is 1.31 bits per heavy atom. The van der Waals surface area contributed by atoms with Crippen LogP contribution in [0, 0.1) is 5.41 Å². The van der Waals surface area contributed by atoms with Gasteiger partial charge in [-0.1, -0.05) is 20.8 Å². The summed E-state index contributed by atoms with van der Waals surface area (Å²) in [7, 11) is 0. The van der Waals surface area contributed by atoms with E-state index in [0.29, 0.717) is 6.04 Å². The van der Waals surface area contributed by atoms with Crippen molar-refractivity contribution in [3.05, 3.63) is 0 Å². The fraction of sp³-hybridized carbons (Fsp3) is 0.929. The zero-order valence-electron chi connectivity index (χ0n) is 12.6. The molecule has 0 amide bonds. The molecule has 0 aromatic rings. The second-order valence-corrected chi connectivity index (χ2v) is 7.69. The molecule has 0 aliphatic rings. The SMILES string of the molecule is CC(C)(C)N=CC(NC(C)(C)C)C(C)(C)C. The van der Waals surface area contributed by atoms with Crippen LogP contribution in [0.15, 0.2) is 4.99 Å². The van der Waals surface area contributed by atoms with E-state index in [1.807, 2.05) is 0 Å². The number of rotatable bonds is 2. The van der Waals surface area contributed by atoms with Crippen LogP contribution in [-0.4, -0.2) is 23.3 Å². The minimum absolute atomic E-state index is 0.00304. The Labute approximate surface area is 102 Å². The molecule has 0 heterocycles. The molecule has 0 aromatic heterocycles. The second kappa shape index (κ2) is 4.87. The van der Waals surface area contributed by atoms with Gasteiger partial charge in [-0.15, -0.1) is 0 Å². The van der Waals surface area contributed by atoms with E-state index in [4.69, 9.17) is 0 Å². The largest absolute Gasteiger partial charge is 0.304 e. The van der Waals surface area contributed by atoms with Gasteiger partial charge in [-0.05, 0) is 47.0 Å². The van der Waals surface area contributed by atoms with E-state index in [2.05, 4.69) is 78.8 Å². The first-order valence-electron chi connectivity index (χ1n) is 6.14. The maximum Gasteiger partial charge on any atom is 0.0520 e. The molecule has 96 valence electrons. The Hall–Kier alpha value is -0.370. The molecule has 0 aliphatic heterocycles. The van der Waals surface area contributed by atoms with E-state index in [1.54, 1.807) is 0 Å². The minimum Gasteiger partial charge on any atom is -0.304 e. The Morgan fingerprint density at radius 3 is 1.56 bits per heavy atom. The summed E-state index contributed by atoms with van der Waals surface area (Å²) < 4.78 is 0. The molecule has 2 heteroatoms. The summed E-state index contributed by atoms with van der Waals surface area (Å²) >= 11 is 0. The number of nitrogens with one attached hydrogen (secondary N) is 1. The van der Waals surface area contributed by atoms with Gasteiger partial charge in [0.05, 0.1) is 5.54 Å². The fourth-order valence-corrected chi connectivity index (χ4v) is 1.24. The molecule has 0 saturated heterocycles. The van der Waals surface area contributed by atoms with Gasteiger partial charge in [0.2, 0.25) is 0 Å². The van der Waals surface area contributed by atoms with Crippen molar-refractivity contribution in [2.45, 2.75) is 79.4 Å². The number of hydrogen-bond donors (Lipinski definition) is 1. The van der Waals surface area contributed by atoms with Crippen molar-refractivity contribution in [1.29, 1.82) is 0 Å². The molecule has 0 bridgehead atoms. The number of nitrogens with zero attached hydrogens (tertiary/aromatic N) is 1. The lowest BCUT2D eigenvalue weighted by molar-refractivity contribution is 0.274. The van der Waals surface area contributed by atoms with Gasteiger partial charge in [0.15, 0.2) is 0 Å². The average molecular weight is 226 g/mol. The summed E-state index contributed by atoms with van der Waals surface area (Å²) in [6, 6.07) is 0.298. The third-order valence-corrected chi connectivity index (χ3v) is 2.13. The van der Waals surface area contributed by atoms with Gasteiger partial charge in [-0.25, -0.2) is 0 Å². The summed E-state index contributed by atoms with van der Waals surface area (Å²) in [5, 5.41) is 3.62. The van der Waals surface area contributed by atoms with Crippen LogP contribution in [0.2, 0.25) is 0 Å². The molecule has 0 fully saturated rings. The van der Waals surface area contributed by atoms with Gasteiger partial charge in [0.1, 0.15) is 0 Å². The Balaban J connectivity index is 4.79. The van der Waals surface area contributed by atoms with Crippen LogP contribution in [0.3, 0.4) is 0 Å². The van der Waals surface area contributed by atoms with Gasteiger partial charge < -0.3 is 5.32 Å². The van der Waals surface area contributed by atoms with Crippen LogP contribution in [0.1, 0.15) is 62.3 Å². The van der Waals surface area contributed by atoms with E-state index < -0.39 is 0 Å². The molecule has 0 rings (SSSR count). The molecular weight excluding hydrogens is 196 g/mol. The third kappa shape index (κ3) is 7.86. The first kappa shape index (κ1) is 15.6. The van der Waals surface area contributed by atoms with Crippen molar-refractivity contribution < 1.29 is 0 Å². The van der Waals surface area contributed by atoms with Crippen molar-refractivity contribution >= 4 is 6.21 Å². The predicted molar refractivity (Wildman–Crippen MR) is 74.4 cm³/mol. The molecule has 0 saturated carbocycles. The average Bonchev–Trinajstić information content (AvgIpc) is 1.91. The van der Waals surface area contributed by atoms with Crippen molar-refractivity contribution in [1.82, 2.24) is 5.32 Å². The van der Waals surface area contributed by atoms with E-state index in [-0.39, 0.29) is 16.5 Å². The van der Waals surface area contributed by atoms with Crippen LogP contribution in [-0.2, 0) is 0 Å². The first-order chi connectivity index (χ1) is 6.81. The molecule has 2 nitrogen and oxygen atoms in total. The Bertz CT molecular complexity index is 233. The molecule has 0 radical (unpaired) electrons. The van der Waals surface area contributed by atoms with Crippen LogP contribution in [0.4, 0.5) is 0 Å². The minimum atomic E-state index is 0.00304. The zero-order valence-corrected chi connectivity index (χ0v) is 12.6. The summed E-state index contributed by atoms with van der Waals surface area (Å²) in [5.74, 6) is 0. The van der Waals surface area contributed by atoms with E-state index in [0.717, 1.165) is 0 Å². The molecule has 0 spiro atoms. The van der Waals surface area contributed by atoms with Crippen LogP contribution in [0.5, 0.6) is 0 Å². The van der Waals surface area contributed by atoms with Gasteiger partial charge in [0, 0.05) is 17.8 Å². The highest BCUT2D eigenvalue weighted by atomic mass is 15.0. The summed E-state index contributed by atoms with van der Waals surface area (Å²) in [5.41, 5.74) is 0.299. The monoisotopic (exact) mass is 226 g/mol. The summed E-state index contributed by atoms with van der Waals surface area (Å²) in [4.78, 5) is 4.62. The molecule has 0 aromatic carbocycles. The lowest BCUT2D eigenvalue weighted by atomic mass is 9.85. The lowest BCUT2D eigenvalue weighted by Gasteiger charge is -2.35. The van der Waals surface area contributed by atoms with E-state index in [1.165, 1.54) is 0 Å². The van der Waals surface area contributed by atoms with Crippen LogP contribution >= 0.6 is 0 Å². The van der Waals surface area contributed by atoms with Gasteiger partial charge in [0.25, 0.3) is 0 Å². The highest BCUT2D eigenvalue weighted by molar-refractivity contribution is 5.66. The second-order valence-electron chi connectivity index (χ2n) is 7.69. The third-order valence-electron chi connectivity index (χ3n) is 2.13. The van der Waals surface area contributed by atoms with Crippen LogP contribution < -0.4 is 5.32 Å². The van der Waals surface area contributed by atoms with E-state index >= 15 is 0 Å². The van der Waals surface area contributed by atoms with Gasteiger partial charge in [-0.2, -0.15) is 0 Å². The number of hydrogen-bond acceptors (Lipinski definition) is 2. The molecule has 16 heavy (non-hydrogen) atoms. The van der Waals surface area contributed by atoms with Crippen molar-refractivity contribution in [3.8, 4) is 0 Å². The van der Waals surface area contributed by atoms with Crippen molar-refractivity contribution in [3.63, 3.8) is 0 Å². The van der Waals surface area contributed by atoms with Crippen LogP contribution in [0.25, 0.3) is 0 Å². The smallest absolute Gasteiger partial charge is 0.0520 e. The topological polar surface area (TPSA) is 24.4 Å². The van der Waals surface area contributed by atoms with E-state index in [9.17, 15) is 0 Å². The highest BCUT2D eigenvalue weighted by Gasteiger charge is 2.27. The first-order valence-corrected chi connectivity index (χ1v) is 6.14. The molecule has 1 N–H and O–H groups in total. The van der Waals surface area contributed by atoms with Crippen molar-refractivity contribution in [2.24, 2.45) is 10.4 Å². The normalized spacial score (nSPS) is 16.8. The van der Waals surface area contributed by atoms with Gasteiger partial charge in [-0.3, -0.25) is 4.99 Å². The highest BCUT2D eigenvalue weighted by Crippen LogP contribution is 2.21. The van der Waals surface area contributed by atoms with Crippen molar-refractivity contribution in [2.75, 3.05) is 0 Å². The quantitative estimate of drug-likeness (QED) is 0.714. The Morgan fingerprint density at radius 1 is 0.875 bits per heavy atom. The van der Waals surface area contributed by atoms with Gasteiger partial charge >= 0.3 is 0 Å².